The zero-order chi connectivity index (χ0) is 14.8. The molecule has 1 saturated heterocycles. The second kappa shape index (κ2) is 6.02. The average Bonchev–Trinajstić information content (AvgIpc) is 3.13. The van der Waals surface area contributed by atoms with E-state index in [4.69, 9.17) is 0 Å². The lowest BCUT2D eigenvalue weighted by atomic mass is 9.84. The van der Waals surface area contributed by atoms with E-state index in [1.807, 2.05) is 11.8 Å². The van der Waals surface area contributed by atoms with E-state index in [1.165, 1.54) is 12.8 Å². The minimum absolute atomic E-state index is 0.0373. The molecule has 2 aliphatic rings. The lowest BCUT2D eigenvalue weighted by molar-refractivity contribution is -0.148. The Morgan fingerprint density at radius 3 is 2.50 bits per heavy atom. The smallest absolute Gasteiger partial charge is 0.320 e. The van der Waals surface area contributed by atoms with Crippen molar-refractivity contribution in [3.05, 3.63) is 0 Å². The SMILES string of the molecule is CCCN(CC1CC1)C(=O)N1CCC(CC)(C(=O)O)C1. The molecule has 1 N–H and O–H groups in total. The zero-order valence-corrected chi connectivity index (χ0v) is 12.6. The number of carboxylic acids is 1. The summed E-state index contributed by atoms with van der Waals surface area (Å²) < 4.78 is 0. The number of rotatable bonds is 6. The number of likely N-dealkylation sites (tertiary alicyclic amines) is 1. The van der Waals surface area contributed by atoms with Crippen LogP contribution in [0.25, 0.3) is 0 Å². The molecule has 0 spiro atoms. The van der Waals surface area contributed by atoms with Crippen LogP contribution >= 0.6 is 0 Å². The monoisotopic (exact) mass is 282 g/mol. The van der Waals surface area contributed by atoms with E-state index < -0.39 is 11.4 Å². The summed E-state index contributed by atoms with van der Waals surface area (Å²) in [7, 11) is 0. The number of carbonyl (C=O) groups excluding carboxylic acids is 1. The van der Waals surface area contributed by atoms with Crippen molar-refractivity contribution in [2.75, 3.05) is 26.2 Å². The predicted octanol–water partition coefficient (Wildman–Crippen LogP) is 2.42. The number of hydrogen-bond donors (Lipinski definition) is 1. The molecule has 1 aliphatic carbocycles. The van der Waals surface area contributed by atoms with E-state index in [1.54, 1.807) is 4.90 Å². The molecule has 0 aromatic heterocycles. The summed E-state index contributed by atoms with van der Waals surface area (Å²) in [4.78, 5) is 27.7. The average molecular weight is 282 g/mol. The van der Waals surface area contributed by atoms with Gasteiger partial charge < -0.3 is 14.9 Å². The largest absolute Gasteiger partial charge is 0.481 e. The van der Waals surface area contributed by atoms with Crippen LogP contribution in [0.15, 0.2) is 0 Å². The fourth-order valence-corrected chi connectivity index (χ4v) is 3.00. The molecule has 1 saturated carbocycles. The Hall–Kier alpha value is -1.26. The highest BCUT2D eigenvalue weighted by molar-refractivity contribution is 5.79. The predicted molar refractivity (Wildman–Crippen MR) is 76.5 cm³/mol. The number of aliphatic carboxylic acids is 1. The maximum atomic E-state index is 12.6. The van der Waals surface area contributed by atoms with Gasteiger partial charge in [0.1, 0.15) is 0 Å². The third-order valence-corrected chi connectivity index (χ3v) is 4.69. The molecule has 1 atom stereocenters. The van der Waals surface area contributed by atoms with Crippen LogP contribution in [0, 0.1) is 11.3 Å². The highest BCUT2D eigenvalue weighted by Crippen LogP contribution is 2.35. The van der Waals surface area contributed by atoms with E-state index in [9.17, 15) is 14.7 Å². The number of amides is 2. The molecule has 2 amide bonds. The van der Waals surface area contributed by atoms with E-state index in [0.29, 0.717) is 31.8 Å². The molecule has 2 fully saturated rings. The van der Waals surface area contributed by atoms with E-state index in [2.05, 4.69) is 6.92 Å². The summed E-state index contributed by atoms with van der Waals surface area (Å²) in [6.07, 6.45) is 4.56. The number of nitrogens with zero attached hydrogens (tertiary/aromatic N) is 2. The summed E-state index contributed by atoms with van der Waals surface area (Å²) in [6.45, 7) is 6.53. The van der Waals surface area contributed by atoms with Crippen LogP contribution in [0.3, 0.4) is 0 Å². The van der Waals surface area contributed by atoms with Crippen molar-refractivity contribution in [3.63, 3.8) is 0 Å². The van der Waals surface area contributed by atoms with E-state index in [0.717, 1.165) is 19.5 Å². The fourth-order valence-electron chi connectivity index (χ4n) is 3.00. The molecule has 114 valence electrons. The molecule has 5 heteroatoms. The van der Waals surface area contributed by atoms with Gasteiger partial charge in [-0.15, -0.1) is 0 Å². The van der Waals surface area contributed by atoms with Crippen LogP contribution in [0.1, 0.15) is 46.0 Å². The fraction of sp³-hybridized carbons (Fsp3) is 0.867. The van der Waals surface area contributed by atoms with Crippen molar-refractivity contribution in [2.24, 2.45) is 11.3 Å². The Kier molecular flexibility index (Phi) is 4.55. The van der Waals surface area contributed by atoms with Crippen LogP contribution < -0.4 is 0 Å². The van der Waals surface area contributed by atoms with Crippen molar-refractivity contribution in [2.45, 2.75) is 46.0 Å². The molecule has 0 aromatic rings. The Labute approximate surface area is 120 Å². The van der Waals surface area contributed by atoms with Gasteiger partial charge in [-0.3, -0.25) is 4.79 Å². The van der Waals surface area contributed by atoms with Gasteiger partial charge in [0.25, 0.3) is 0 Å². The van der Waals surface area contributed by atoms with Gasteiger partial charge in [-0.05, 0) is 38.0 Å². The number of urea groups is 1. The number of carbonyl (C=O) groups is 2. The lowest BCUT2D eigenvalue weighted by Gasteiger charge is -2.29. The van der Waals surface area contributed by atoms with Gasteiger partial charge in [-0.25, -0.2) is 4.79 Å². The van der Waals surface area contributed by atoms with Crippen LogP contribution in [-0.2, 0) is 4.79 Å². The van der Waals surface area contributed by atoms with Gasteiger partial charge >= 0.3 is 12.0 Å². The van der Waals surface area contributed by atoms with Gasteiger partial charge in [0.05, 0.1) is 5.41 Å². The number of hydrogen-bond acceptors (Lipinski definition) is 2. The van der Waals surface area contributed by atoms with Crippen LogP contribution in [-0.4, -0.2) is 53.1 Å². The molecular formula is C15H26N2O3. The standard InChI is InChI=1S/C15H26N2O3/c1-3-8-16(10-12-5-6-12)14(20)17-9-7-15(4-2,11-17)13(18)19/h12H,3-11H2,1-2H3,(H,18,19). The second-order valence-corrected chi connectivity index (χ2v) is 6.28. The summed E-state index contributed by atoms with van der Waals surface area (Å²) >= 11 is 0. The lowest BCUT2D eigenvalue weighted by Crippen LogP contribution is -2.45. The summed E-state index contributed by atoms with van der Waals surface area (Å²) in [5.74, 6) is -0.0944. The maximum Gasteiger partial charge on any atom is 0.320 e. The molecule has 0 aromatic carbocycles. The van der Waals surface area contributed by atoms with Crippen molar-refractivity contribution in [1.82, 2.24) is 9.80 Å². The summed E-state index contributed by atoms with van der Waals surface area (Å²) in [5, 5.41) is 9.41. The Morgan fingerprint density at radius 1 is 1.35 bits per heavy atom. The summed E-state index contributed by atoms with van der Waals surface area (Å²) in [6, 6.07) is 0.0373. The maximum absolute atomic E-state index is 12.6. The van der Waals surface area contributed by atoms with E-state index >= 15 is 0 Å². The first-order valence-electron chi connectivity index (χ1n) is 7.79. The second-order valence-electron chi connectivity index (χ2n) is 6.28. The van der Waals surface area contributed by atoms with Gasteiger partial charge in [0.2, 0.25) is 0 Å². The molecular weight excluding hydrogens is 256 g/mol. The van der Waals surface area contributed by atoms with Gasteiger partial charge in [-0.1, -0.05) is 13.8 Å². The quantitative estimate of drug-likeness (QED) is 0.814. The molecule has 5 nitrogen and oxygen atoms in total. The van der Waals surface area contributed by atoms with Gasteiger partial charge in [0, 0.05) is 26.2 Å². The minimum atomic E-state index is -0.764. The molecule has 2 rings (SSSR count). The third kappa shape index (κ3) is 3.07. The minimum Gasteiger partial charge on any atom is -0.481 e. The Bertz CT molecular complexity index is 381. The highest BCUT2D eigenvalue weighted by atomic mass is 16.4. The zero-order valence-electron chi connectivity index (χ0n) is 12.6. The van der Waals surface area contributed by atoms with Crippen molar-refractivity contribution in [3.8, 4) is 0 Å². The van der Waals surface area contributed by atoms with Crippen molar-refractivity contribution < 1.29 is 14.7 Å². The first-order valence-corrected chi connectivity index (χ1v) is 7.79. The molecule has 0 bridgehead atoms. The van der Waals surface area contributed by atoms with E-state index in [-0.39, 0.29) is 6.03 Å². The molecule has 1 aliphatic heterocycles. The Morgan fingerprint density at radius 2 is 2.05 bits per heavy atom. The van der Waals surface area contributed by atoms with Crippen LogP contribution in [0.4, 0.5) is 4.79 Å². The molecule has 20 heavy (non-hydrogen) atoms. The summed E-state index contributed by atoms with van der Waals surface area (Å²) in [5.41, 5.74) is -0.729. The topological polar surface area (TPSA) is 60.9 Å². The van der Waals surface area contributed by atoms with Crippen LogP contribution in [0.2, 0.25) is 0 Å². The van der Waals surface area contributed by atoms with Gasteiger partial charge in [0.15, 0.2) is 0 Å². The van der Waals surface area contributed by atoms with Crippen molar-refractivity contribution >= 4 is 12.0 Å². The third-order valence-electron chi connectivity index (χ3n) is 4.69. The highest BCUT2D eigenvalue weighted by Gasteiger charge is 2.45. The Balaban J connectivity index is 1.99. The van der Waals surface area contributed by atoms with Gasteiger partial charge in [-0.2, -0.15) is 0 Å². The number of carboxylic acid groups (broad SMARTS) is 1. The normalized spacial score (nSPS) is 25.8. The van der Waals surface area contributed by atoms with Crippen LogP contribution in [0.5, 0.6) is 0 Å². The van der Waals surface area contributed by atoms with Crippen molar-refractivity contribution in [1.29, 1.82) is 0 Å². The molecule has 0 radical (unpaired) electrons. The molecule has 1 heterocycles. The first kappa shape index (κ1) is 15.1. The molecule has 1 unspecified atom stereocenters. The first-order chi connectivity index (χ1) is 9.52.